The maximum absolute atomic E-state index is 10.8. The van der Waals surface area contributed by atoms with Gasteiger partial charge in [0.1, 0.15) is 12.0 Å². The number of hydrogen-bond acceptors (Lipinski definition) is 7. The molecule has 0 aromatic carbocycles. The number of nitrogens with two attached hydrogens (primary N) is 1. The molecule has 2 heterocycles. The predicted octanol–water partition coefficient (Wildman–Crippen LogP) is 0.313. The van der Waals surface area contributed by atoms with Crippen LogP contribution in [0.4, 0.5) is 17.5 Å². The van der Waals surface area contributed by atoms with Crippen molar-refractivity contribution in [3.8, 4) is 0 Å². The highest BCUT2D eigenvalue weighted by atomic mass is 16.6. The molecule has 0 aliphatic rings. The molecule has 0 bridgehead atoms. The maximum Gasteiger partial charge on any atom is 0.329 e. The summed E-state index contributed by atoms with van der Waals surface area (Å²) in [4.78, 5) is 21.7. The molecular weight excluding hydrogens is 238 g/mol. The Balaban J connectivity index is 2.20. The third kappa shape index (κ3) is 2.34. The molecule has 2 rings (SSSR count). The smallest absolute Gasteiger partial charge is 0.329 e. The van der Waals surface area contributed by atoms with Gasteiger partial charge in [-0.3, -0.25) is 10.1 Å². The molecule has 94 valence electrons. The summed E-state index contributed by atoms with van der Waals surface area (Å²) in [6.07, 6.45) is 4.49. The molecule has 0 aliphatic carbocycles. The Morgan fingerprint density at radius 3 is 2.94 bits per heavy atom. The van der Waals surface area contributed by atoms with Crippen molar-refractivity contribution in [3.05, 3.63) is 34.5 Å². The van der Waals surface area contributed by atoms with Gasteiger partial charge in [-0.2, -0.15) is 4.98 Å². The summed E-state index contributed by atoms with van der Waals surface area (Å²) in [5.74, 6) is 0.778. The average Bonchev–Trinajstić information content (AvgIpc) is 2.72. The summed E-state index contributed by atoms with van der Waals surface area (Å²) in [5.41, 5.74) is 5.18. The van der Waals surface area contributed by atoms with E-state index in [1.165, 1.54) is 0 Å². The molecule has 3 N–H and O–H groups in total. The first kappa shape index (κ1) is 11.8. The third-order valence-electron chi connectivity index (χ3n) is 2.32. The number of hydrogen-bond donors (Lipinski definition) is 2. The zero-order valence-corrected chi connectivity index (χ0v) is 9.57. The molecule has 18 heavy (non-hydrogen) atoms. The lowest BCUT2D eigenvalue weighted by molar-refractivity contribution is -0.384. The summed E-state index contributed by atoms with van der Waals surface area (Å²) in [6.45, 7) is 0.306. The van der Waals surface area contributed by atoms with E-state index < -0.39 is 4.92 Å². The number of aryl methyl sites for hydroxylation is 1. The van der Waals surface area contributed by atoms with Gasteiger partial charge in [0.15, 0.2) is 0 Å². The second kappa shape index (κ2) is 4.65. The SMILES string of the molecule is Cn1ccnc1CNc1nc(N)ncc1[N+](=O)[O-]. The van der Waals surface area contributed by atoms with Crippen LogP contribution in [0.1, 0.15) is 5.82 Å². The lowest BCUT2D eigenvalue weighted by Crippen LogP contribution is -2.10. The third-order valence-corrected chi connectivity index (χ3v) is 2.32. The minimum Gasteiger partial charge on any atom is -0.368 e. The number of nitrogens with zero attached hydrogens (tertiary/aromatic N) is 5. The van der Waals surface area contributed by atoms with Gasteiger partial charge in [0.25, 0.3) is 0 Å². The lowest BCUT2D eigenvalue weighted by Gasteiger charge is -2.06. The molecule has 0 saturated heterocycles. The van der Waals surface area contributed by atoms with Gasteiger partial charge in [-0.25, -0.2) is 9.97 Å². The molecule has 0 radical (unpaired) electrons. The van der Waals surface area contributed by atoms with Crippen molar-refractivity contribution in [2.24, 2.45) is 7.05 Å². The number of nitrogens with one attached hydrogen (secondary N) is 1. The van der Waals surface area contributed by atoms with Gasteiger partial charge in [-0.1, -0.05) is 0 Å². The van der Waals surface area contributed by atoms with Crippen LogP contribution in [-0.4, -0.2) is 24.4 Å². The van der Waals surface area contributed by atoms with Gasteiger partial charge >= 0.3 is 5.69 Å². The molecule has 0 aliphatic heterocycles. The van der Waals surface area contributed by atoms with E-state index in [2.05, 4.69) is 20.3 Å². The Bertz CT molecular complexity index is 580. The zero-order valence-electron chi connectivity index (χ0n) is 9.57. The van der Waals surface area contributed by atoms with Crippen LogP contribution in [0.3, 0.4) is 0 Å². The maximum atomic E-state index is 10.8. The summed E-state index contributed by atoms with van der Waals surface area (Å²) >= 11 is 0. The molecule has 0 fully saturated rings. The van der Waals surface area contributed by atoms with E-state index in [-0.39, 0.29) is 17.5 Å². The monoisotopic (exact) mass is 249 g/mol. The van der Waals surface area contributed by atoms with E-state index in [1.54, 1.807) is 17.0 Å². The van der Waals surface area contributed by atoms with Crippen molar-refractivity contribution in [3.63, 3.8) is 0 Å². The second-order valence-corrected chi connectivity index (χ2v) is 3.53. The number of nitro groups is 1. The van der Waals surface area contributed by atoms with E-state index in [1.807, 2.05) is 7.05 Å². The van der Waals surface area contributed by atoms with Crippen molar-refractivity contribution >= 4 is 17.5 Å². The summed E-state index contributed by atoms with van der Waals surface area (Å²) in [7, 11) is 1.83. The van der Waals surface area contributed by atoms with Gasteiger partial charge in [0.2, 0.25) is 11.8 Å². The van der Waals surface area contributed by atoms with Crippen LogP contribution in [0.2, 0.25) is 0 Å². The highest BCUT2D eigenvalue weighted by Crippen LogP contribution is 2.21. The summed E-state index contributed by atoms with van der Waals surface area (Å²) < 4.78 is 1.80. The zero-order chi connectivity index (χ0) is 13.1. The van der Waals surface area contributed by atoms with E-state index in [4.69, 9.17) is 5.73 Å². The molecule has 9 heteroatoms. The Hall–Kier alpha value is -2.71. The van der Waals surface area contributed by atoms with E-state index in [0.29, 0.717) is 6.54 Å². The van der Waals surface area contributed by atoms with Crippen LogP contribution in [0.5, 0.6) is 0 Å². The van der Waals surface area contributed by atoms with Gasteiger partial charge in [0, 0.05) is 19.4 Å². The van der Waals surface area contributed by atoms with Crippen LogP contribution < -0.4 is 11.1 Å². The fraction of sp³-hybridized carbons (Fsp3) is 0.222. The minimum absolute atomic E-state index is 0.0251. The van der Waals surface area contributed by atoms with Crippen molar-refractivity contribution in [2.75, 3.05) is 11.1 Å². The van der Waals surface area contributed by atoms with Crippen LogP contribution in [0, 0.1) is 10.1 Å². The van der Waals surface area contributed by atoms with Gasteiger partial charge < -0.3 is 15.6 Å². The predicted molar refractivity (Wildman–Crippen MR) is 63.6 cm³/mol. The van der Waals surface area contributed by atoms with Crippen molar-refractivity contribution < 1.29 is 4.92 Å². The first-order valence-corrected chi connectivity index (χ1v) is 5.05. The Kier molecular flexibility index (Phi) is 3.04. The Morgan fingerprint density at radius 2 is 2.33 bits per heavy atom. The summed E-state index contributed by atoms with van der Waals surface area (Å²) in [5, 5.41) is 13.6. The number of rotatable bonds is 4. The molecule has 0 amide bonds. The molecule has 2 aromatic rings. The molecular formula is C9H11N7O2. The standard InChI is InChI=1S/C9H11N7O2/c1-15-3-2-11-7(15)5-12-8-6(16(17)18)4-13-9(10)14-8/h2-4H,5H2,1H3,(H3,10,12,13,14). The van der Waals surface area contributed by atoms with Crippen molar-refractivity contribution in [1.82, 2.24) is 19.5 Å². The number of nitrogen functional groups attached to an aromatic ring is 1. The highest BCUT2D eigenvalue weighted by Gasteiger charge is 2.16. The van der Waals surface area contributed by atoms with Gasteiger partial charge in [0.05, 0.1) is 11.5 Å². The molecule has 9 nitrogen and oxygen atoms in total. The Morgan fingerprint density at radius 1 is 1.56 bits per heavy atom. The average molecular weight is 249 g/mol. The number of aromatic nitrogens is 4. The van der Waals surface area contributed by atoms with Gasteiger partial charge in [-0.05, 0) is 0 Å². The van der Waals surface area contributed by atoms with Crippen LogP contribution in [0.15, 0.2) is 18.6 Å². The van der Waals surface area contributed by atoms with Crippen LogP contribution in [-0.2, 0) is 13.6 Å². The summed E-state index contributed by atoms with van der Waals surface area (Å²) in [6, 6.07) is 0. The molecule has 0 atom stereocenters. The van der Waals surface area contributed by atoms with Crippen LogP contribution in [0.25, 0.3) is 0 Å². The minimum atomic E-state index is -0.569. The van der Waals surface area contributed by atoms with Gasteiger partial charge in [-0.15, -0.1) is 0 Å². The first-order valence-electron chi connectivity index (χ1n) is 5.05. The quantitative estimate of drug-likeness (QED) is 0.590. The van der Waals surface area contributed by atoms with Crippen molar-refractivity contribution in [2.45, 2.75) is 6.54 Å². The number of anilines is 2. The lowest BCUT2D eigenvalue weighted by atomic mass is 10.4. The van der Waals surface area contributed by atoms with E-state index in [0.717, 1.165) is 12.0 Å². The first-order chi connectivity index (χ1) is 8.58. The second-order valence-electron chi connectivity index (χ2n) is 3.53. The fourth-order valence-electron chi connectivity index (χ4n) is 1.38. The molecule has 2 aromatic heterocycles. The fourth-order valence-corrected chi connectivity index (χ4v) is 1.38. The van der Waals surface area contributed by atoms with E-state index >= 15 is 0 Å². The Labute approximate surface area is 102 Å². The highest BCUT2D eigenvalue weighted by molar-refractivity contribution is 5.56. The van der Waals surface area contributed by atoms with Crippen molar-refractivity contribution in [1.29, 1.82) is 0 Å². The normalized spacial score (nSPS) is 10.3. The molecule has 0 saturated carbocycles. The molecule has 0 unspecified atom stereocenters. The molecule has 0 spiro atoms. The van der Waals surface area contributed by atoms with Crippen LogP contribution >= 0.6 is 0 Å². The largest absolute Gasteiger partial charge is 0.368 e. The topological polar surface area (TPSA) is 125 Å². The van der Waals surface area contributed by atoms with E-state index in [9.17, 15) is 10.1 Å². The number of imidazole rings is 1.